The van der Waals surface area contributed by atoms with Crippen LogP contribution >= 0.6 is 11.3 Å². The molecule has 1 aliphatic heterocycles. The predicted octanol–water partition coefficient (Wildman–Crippen LogP) is 3.30. The first-order chi connectivity index (χ1) is 9.19. The summed E-state index contributed by atoms with van der Waals surface area (Å²) in [5.41, 5.74) is 3.99. The number of nitrogens with zero attached hydrogens (tertiary/aromatic N) is 1. The van der Waals surface area contributed by atoms with E-state index in [1.165, 1.54) is 0 Å². The van der Waals surface area contributed by atoms with Crippen LogP contribution < -0.4 is 10.6 Å². The molecule has 2 heterocycles. The van der Waals surface area contributed by atoms with Crippen molar-refractivity contribution in [3.8, 4) is 11.3 Å². The fourth-order valence-corrected chi connectivity index (χ4v) is 3.01. The molecular formula is C14H15N3OS. The van der Waals surface area contributed by atoms with E-state index in [2.05, 4.69) is 28.6 Å². The molecule has 1 atom stereocenters. The molecule has 1 aromatic carbocycles. The molecule has 2 N–H and O–H groups in total. The number of fused-ring (bicyclic) bond motifs is 1. The van der Waals surface area contributed by atoms with Crippen LogP contribution in [0, 0.1) is 0 Å². The van der Waals surface area contributed by atoms with Crippen molar-refractivity contribution in [2.75, 3.05) is 17.2 Å². The lowest BCUT2D eigenvalue weighted by molar-refractivity contribution is -0.116. The molecule has 4 nitrogen and oxygen atoms in total. The van der Waals surface area contributed by atoms with Gasteiger partial charge in [-0.15, -0.1) is 11.3 Å². The van der Waals surface area contributed by atoms with E-state index in [0.717, 1.165) is 34.2 Å². The Kier molecular flexibility index (Phi) is 2.98. The summed E-state index contributed by atoms with van der Waals surface area (Å²) in [5, 5.41) is 9.06. The molecule has 0 bridgehead atoms. The lowest BCUT2D eigenvalue weighted by Crippen LogP contribution is -2.08. The molecule has 0 saturated heterocycles. The van der Waals surface area contributed by atoms with Crippen LogP contribution in [0.5, 0.6) is 0 Å². The molecule has 0 radical (unpaired) electrons. The molecule has 1 unspecified atom stereocenters. The molecule has 19 heavy (non-hydrogen) atoms. The minimum atomic E-state index is -0.0816. The highest BCUT2D eigenvalue weighted by Gasteiger charge is 2.26. The zero-order chi connectivity index (χ0) is 13.4. The lowest BCUT2D eigenvalue weighted by Gasteiger charge is -2.03. The Morgan fingerprint density at radius 2 is 2.32 bits per heavy atom. The van der Waals surface area contributed by atoms with Crippen LogP contribution in [0.4, 0.5) is 10.8 Å². The van der Waals surface area contributed by atoms with Crippen molar-refractivity contribution in [2.24, 2.45) is 0 Å². The SMILES string of the molecule is CCNc1nc(-c2ccc3c(c2)C(C)C(=O)N3)cs1. The normalized spacial score (nSPS) is 17.2. The molecule has 5 heteroatoms. The van der Waals surface area contributed by atoms with Crippen LogP contribution in [0.3, 0.4) is 0 Å². The fraction of sp³-hybridized carbons (Fsp3) is 0.286. The van der Waals surface area contributed by atoms with Crippen LogP contribution in [0.15, 0.2) is 23.6 Å². The predicted molar refractivity (Wildman–Crippen MR) is 78.8 cm³/mol. The Hall–Kier alpha value is -1.88. The number of carbonyl (C=O) groups excluding carboxylic acids is 1. The number of anilines is 2. The van der Waals surface area contributed by atoms with Gasteiger partial charge in [0.2, 0.25) is 5.91 Å². The maximum absolute atomic E-state index is 11.6. The van der Waals surface area contributed by atoms with Gasteiger partial charge in [-0.1, -0.05) is 6.07 Å². The van der Waals surface area contributed by atoms with Crippen LogP contribution in [0.1, 0.15) is 25.3 Å². The van der Waals surface area contributed by atoms with Crippen molar-refractivity contribution < 1.29 is 4.79 Å². The van der Waals surface area contributed by atoms with Crippen molar-refractivity contribution in [2.45, 2.75) is 19.8 Å². The van der Waals surface area contributed by atoms with Crippen molar-refractivity contribution in [3.05, 3.63) is 29.1 Å². The van der Waals surface area contributed by atoms with Crippen molar-refractivity contribution in [1.82, 2.24) is 4.98 Å². The van der Waals surface area contributed by atoms with Crippen LogP contribution in [0.25, 0.3) is 11.3 Å². The molecule has 98 valence electrons. The van der Waals surface area contributed by atoms with Crippen LogP contribution in [-0.2, 0) is 4.79 Å². The summed E-state index contributed by atoms with van der Waals surface area (Å²) in [6, 6.07) is 6.02. The average molecular weight is 273 g/mol. The largest absolute Gasteiger partial charge is 0.362 e. The van der Waals surface area contributed by atoms with E-state index in [-0.39, 0.29) is 11.8 Å². The van der Waals surface area contributed by atoms with E-state index >= 15 is 0 Å². The Morgan fingerprint density at radius 1 is 1.47 bits per heavy atom. The molecule has 1 aliphatic rings. The summed E-state index contributed by atoms with van der Waals surface area (Å²) >= 11 is 1.60. The number of amides is 1. The number of nitrogens with one attached hydrogen (secondary N) is 2. The molecule has 0 fully saturated rings. The highest BCUT2D eigenvalue weighted by Crippen LogP contribution is 2.35. The van der Waals surface area contributed by atoms with Gasteiger partial charge in [-0.3, -0.25) is 4.79 Å². The van der Waals surface area contributed by atoms with Gasteiger partial charge in [0.1, 0.15) is 0 Å². The number of carbonyl (C=O) groups is 1. The summed E-state index contributed by atoms with van der Waals surface area (Å²) in [6.45, 7) is 4.85. The Morgan fingerprint density at radius 3 is 3.11 bits per heavy atom. The number of hydrogen-bond donors (Lipinski definition) is 2. The first-order valence-electron chi connectivity index (χ1n) is 6.33. The van der Waals surface area contributed by atoms with Crippen LogP contribution in [-0.4, -0.2) is 17.4 Å². The third-order valence-corrected chi connectivity index (χ3v) is 4.10. The van der Waals surface area contributed by atoms with Gasteiger partial charge in [-0.2, -0.15) is 0 Å². The van der Waals surface area contributed by atoms with Crippen molar-refractivity contribution in [3.63, 3.8) is 0 Å². The zero-order valence-electron chi connectivity index (χ0n) is 10.9. The van der Waals surface area contributed by atoms with E-state index < -0.39 is 0 Å². The number of thiazole rings is 1. The fourth-order valence-electron chi connectivity index (χ4n) is 2.22. The van der Waals surface area contributed by atoms with Gasteiger partial charge in [0.15, 0.2) is 5.13 Å². The lowest BCUT2D eigenvalue weighted by atomic mass is 10.00. The standard InChI is InChI=1S/C14H15N3OS/c1-3-15-14-17-12(7-19-14)9-4-5-11-10(6-9)8(2)13(18)16-11/h4-8H,3H2,1-2H3,(H,15,17)(H,16,18). The maximum Gasteiger partial charge on any atom is 0.231 e. The molecule has 0 spiro atoms. The second-order valence-corrected chi connectivity index (χ2v) is 5.44. The van der Waals surface area contributed by atoms with Gasteiger partial charge in [-0.25, -0.2) is 4.98 Å². The molecule has 2 aromatic rings. The van der Waals surface area contributed by atoms with Crippen molar-refractivity contribution in [1.29, 1.82) is 0 Å². The number of hydrogen-bond acceptors (Lipinski definition) is 4. The van der Waals surface area contributed by atoms with Gasteiger partial charge in [-0.05, 0) is 31.5 Å². The molecule has 1 aromatic heterocycles. The second kappa shape index (κ2) is 4.66. The molecule has 0 saturated carbocycles. The third kappa shape index (κ3) is 2.10. The van der Waals surface area contributed by atoms with Crippen molar-refractivity contribution >= 4 is 28.1 Å². The third-order valence-electron chi connectivity index (χ3n) is 3.30. The highest BCUT2D eigenvalue weighted by atomic mass is 32.1. The van der Waals surface area contributed by atoms with E-state index in [9.17, 15) is 4.79 Å². The smallest absolute Gasteiger partial charge is 0.231 e. The molecule has 3 rings (SSSR count). The summed E-state index contributed by atoms with van der Waals surface area (Å²) in [7, 11) is 0. The van der Waals surface area contributed by atoms with Crippen LogP contribution in [0.2, 0.25) is 0 Å². The van der Waals surface area contributed by atoms with Gasteiger partial charge < -0.3 is 10.6 Å². The zero-order valence-corrected chi connectivity index (χ0v) is 11.7. The van der Waals surface area contributed by atoms with Gasteiger partial charge in [0.05, 0.1) is 11.6 Å². The highest BCUT2D eigenvalue weighted by molar-refractivity contribution is 7.14. The number of aromatic nitrogens is 1. The molecule has 0 aliphatic carbocycles. The van der Waals surface area contributed by atoms with Gasteiger partial charge in [0.25, 0.3) is 0 Å². The quantitative estimate of drug-likeness (QED) is 0.902. The first kappa shape index (κ1) is 12.2. The number of rotatable bonds is 3. The minimum absolute atomic E-state index is 0.0683. The second-order valence-electron chi connectivity index (χ2n) is 4.58. The van der Waals surface area contributed by atoms with Gasteiger partial charge in [0, 0.05) is 23.2 Å². The maximum atomic E-state index is 11.6. The Labute approximate surface area is 115 Å². The average Bonchev–Trinajstić information content (AvgIpc) is 2.97. The first-order valence-corrected chi connectivity index (χ1v) is 7.21. The summed E-state index contributed by atoms with van der Waals surface area (Å²) < 4.78 is 0. The van der Waals surface area contributed by atoms with Gasteiger partial charge >= 0.3 is 0 Å². The van der Waals surface area contributed by atoms with E-state index in [0.29, 0.717) is 0 Å². The molecular weight excluding hydrogens is 258 g/mol. The van der Waals surface area contributed by atoms with E-state index in [1.54, 1.807) is 11.3 Å². The monoisotopic (exact) mass is 273 g/mol. The molecule has 1 amide bonds. The van der Waals surface area contributed by atoms with E-state index in [4.69, 9.17) is 0 Å². The Balaban J connectivity index is 1.96. The number of benzene rings is 1. The Bertz CT molecular complexity index is 635. The summed E-state index contributed by atoms with van der Waals surface area (Å²) in [4.78, 5) is 16.2. The summed E-state index contributed by atoms with van der Waals surface area (Å²) in [6.07, 6.45) is 0. The van der Waals surface area contributed by atoms with E-state index in [1.807, 2.05) is 24.4 Å². The minimum Gasteiger partial charge on any atom is -0.362 e. The topological polar surface area (TPSA) is 54.0 Å². The summed E-state index contributed by atoms with van der Waals surface area (Å²) in [5.74, 6) is -0.0133.